The van der Waals surface area contributed by atoms with Gasteiger partial charge in [-0.15, -0.1) is 0 Å². The predicted octanol–water partition coefficient (Wildman–Crippen LogP) is 2.63. The molecule has 1 aromatic heterocycles. The Morgan fingerprint density at radius 2 is 1.92 bits per heavy atom. The van der Waals surface area contributed by atoms with Crippen LogP contribution in [0.3, 0.4) is 0 Å². The molecule has 0 spiro atoms. The van der Waals surface area contributed by atoms with Crippen molar-refractivity contribution in [2.45, 2.75) is 6.42 Å². The molecule has 0 unspecified atom stereocenters. The highest BCUT2D eigenvalue weighted by molar-refractivity contribution is 6.07. The summed E-state index contributed by atoms with van der Waals surface area (Å²) in [5.41, 5.74) is -0.0746. The Morgan fingerprint density at radius 3 is 2.71 bits per heavy atom. The Hall–Kier alpha value is -2.66. The van der Waals surface area contributed by atoms with Gasteiger partial charge in [0.15, 0.2) is 0 Å². The third-order valence-corrected chi connectivity index (χ3v) is 3.95. The van der Waals surface area contributed by atoms with Crippen LogP contribution in [-0.2, 0) is 0 Å². The van der Waals surface area contributed by atoms with Gasteiger partial charge in [0.1, 0.15) is 11.1 Å². The quantitative estimate of drug-likeness (QED) is 0.445. The summed E-state index contributed by atoms with van der Waals surface area (Å²) in [7, 11) is 3.95. The molecule has 0 aliphatic heterocycles. The summed E-state index contributed by atoms with van der Waals surface area (Å²) in [6.07, 6.45) is 0.820. The van der Waals surface area contributed by atoms with Crippen LogP contribution >= 0.6 is 0 Å². The van der Waals surface area contributed by atoms with E-state index >= 15 is 0 Å². The zero-order chi connectivity index (χ0) is 17.1. The van der Waals surface area contributed by atoms with Gasteiger partial charge in [-0.1, -0.05) is 30.3 Å². The minimum absolute atomic E-state index is 0.0451. The van der Waals surface area contributed by atoms with Gasteiger partial charge in [-0.05, 0) is 50.0 Å². The summed E-state index contributed by atoms with van der Waals surface area (Å²) in [5, 5.41) is 5.55. The minimum atomic E-state index is -0.608. The summed E-state index contributed by atoms with van der Waals surface area (Å²) < 4.78 is 5.34. The summed E-state index contributed by atoms with van der Waals surface area (Å²) >= 11 is 0. The number of carbonyl (C=O) groups excluding carboxylic acids is 1. The second kappa shape index (κ2) is 6.84. The van der Waals surface area contributed by atoms with E-state index in [0.29, 0.717) is 12.1 Å². The second-order valence-corrected chi connectivity index (χ2v) is 6.06. The SMILES string of the molecule is CN(C)CCCNC(=O)c1cc2c(ccc3ccccc32)oc1=O. The molecule has 124 valence electrons. The van der Waals surface area contributed by atoms with Crippen LogP contribution in [0.2, 0.25) is 0 Å². The molecule has 0 saturated heterocycles. The average Bonchev–Trinajstić information content (AvgIpc) is 2.57. The summed E-state index contributed by atoms with van der Waals surface area (Å²) in [4.78, 5) is 26.5. The molecule has 0 atom stereocenters. The monoisotopic (exact) mass is 324 g/mol. The molecule has 0 aliphatic carbocycles. The maximum Gasteiger partial charge on any atom is 0.349 e. The van der Waals surface area contributed by atoms with Crippen molar-refractivity contribution in [2.24, 2.45) is 0 Å². The Balaban J connectivity index is 1.93. The fraction of sp³-hybridized carbons (Fsp3) is 0.263. The van der Waals surface area contributed by atoms with E-state index in [1.165, 1.54) is 0 Å². The first-order chi connectivity index (χ1) is 11.6. The van der Waals surface area contributed by atoms with Crippen LogP contribution in [0.15, 0.2) is 51.7 Å². The minimum Gasteiger partial charge on any atom is -0.422 e. The number of hydrogen-bond acceptors (Lipinski definition) is 4. The molecule has 2 aromatic carbocycles. The molecule has 0 radical (unpaired) electrons. The van der Waals surface area contributed by atoms with Gasteiger partial charge >= 0.3 is 5.63 Å². The van der Waals surface area contributed by atoms with Crippen LogP contribution in [0.4, 0.5) is 0 Å². The number of rotatable bonds is 5. The Morgan fingerprint density at radius 1 is 1.12 bits per heavy atom. The Bertz CT molecular complexity index is 944. The standard InChI is InChI=1S/C19H20N2O3/c1-21(2)11-5-10-20-18(22)16-12-15-14-7-4-3-6-13(14)8-9-17(15)24-19(16)23/h3-4,6-9,12H,5,10-11H2,1-2H3,(H,20,22). The smallest absolute Gasteiger partial charge is 0.349 e. The number of amides is 1. The number of benzene rings is 2. The number of fused-ring (bicyclic) bond motifs is 3. The van der Waals surface area contributed by atoms with Crippen LogP contribution in [0.25, 0.3) is 21.7 Å². The fourth-order valence-corrected chi connectivity index (χ4v) is 2.72. The number of carbonyl (C=O) groups is 1. The molecule has 0 aliphatic rings. The van der Waals surface area contributed by atoms with Crippen molar-refractivity contribution in [1.82, 2.24) is 10.2 Å². The molecule has 0 fully saturated rings. The summed E-state index contributed by atoms with van der Waals surface area (Å²) in [6, 6.07) is 13.1. The van der Waals surface area contributed by atoms with E-state index in [4.69, 9.17) is 4.42 Å². The highest BCUT2D eigenvalue weighted by Gasteiger charge is 2.14. The van der Waals surface area contributed by atoms with Crippen LogP contribution < -0.4 is 10.9 Å². The van der Waals surface area contributed by atoms with Gasteiger partial charge in [0.25, 0.3) is 5.91 Å². The van der Waals surface area contributed by atoms with E-state index < -0.39 is 11.5 Å². The Kier molecular flexibility index (Phi) is 4.62. The van der Waals surface area contributed by atoms with Crippen LogP contribution in [0.5, 0.6) is 0 Å². The summed E-state index contributed by atoms with van der Waals surface area (Å²) in [5.74, 6) is -0.391. The largest absolute Gasteiger partial charge is 0.422 e. The zero-order valence-electron chi connectivity index (χ0n) is 13.8. The van der Waals surface area contributed by atoms with Gasteiger partial charge in [-0.2, -0.15) is 0 Å². The van der Waals surface area contributed by atoms with Gasteiger partial charge in [0.05, 0.1) is 0 Å². The highest BCUT2D eigenvalue weighted by atomic mass is 16.4. The van der Waals surface area contributed by atoms with Crippen LogP contribution in [0, 0.1) is 0 Å². The van der Waals surface area contributed by atoms with Crippen molar-refractivity contribution >= 4 is 27.6 Å². The zero-order valence-corrected chi connectivity index (χ0v) is 13.8. The number of nitrogens with zero attached hydrogens (tertiary/aromatic N) is 1. The molecular formula is C19H20N2O3. The van der Waals surface area contributed by atoms with Gasteiger partial charge in [0.2, 0.25) is 0 Å². The van der Waals surface area contributed by atoms with E-state index in [-0.39, 0.29) is 5.56 Å². The van der Waals surface area contributed by atoms with Crippen molar-refractivity contribution in [2.75, 3.05) is 27.2 Å². The highest BCUT2D eigenvalue weighted by Crippen LogP contribution is 2.24. The molecule has 1 heterocycles. The van der Waals surface area contributed by atoms with Crippen LogP contribution in [-0.4, -0.2) is 38.0 Å². The first-order valence-corrected chi connectivity index (χ1v) is 7.95. The molecule has 1 amide bonds. The number of hydrogen-bond donors (Lipinski definition) is 1. The third-order valence-electron chi connectivity index (χ3n) is 3.95. The van der Waals surface area contributed by atoms with Gasteiger partial charge in [-0.25, -0.2) is 4.79 Å². The summed E-state index contributed by atoms with van der Waals surface area (Å²) in [6.45, 7) is 1.39. The lowest BCUT2D eigenvalue weighted by molar-refractivity contribution is 0.0949. The molecule has 5 nitrogen and oxygen atoms in total. The first kappa shape index (κ1) is 16.2. The van der Waals surface area contributed by atoms with Crippen LogP contribution in [0.1, 0.15) is 16.8 Å². The topological polar surface area (TPSA) is 62.6 Å². The maximum atomic E-state index is 12.3. The molecule has 3 rings (SSSR count). The van der Waals surface area contributed by atoms with E-state index in [1.807, 2.05) is 49.3 Å². The first-order valence-electron chi connectivity index (χ1n) is 7.95. The lowest BCUT2D eigenvalue weighted by atomic mass is 10.0. The van der Waals surface area contributed by atoms with Gasteiger partial charge < -0.3 is 14.6 Å². The normalized spacial score (nSPS) is 11.3. The lowest BCUT2D eigenvalue weighted by Gasteiger charge is -2.10. The molecule has 1 N–H and O–H groups in total. The van der Waals surface area contributed by atoms with Crippen molar-refractivity contribution in [3.05, 3.63) is 58.4 Å². The van der Waals surface area contributed by atoms with E-state index in [0.717, 1.165) is 29.1 Å². The predicted molar refractivity (Wildman–Crippen MR) is 95.5 cm³/mol. The van der Waals surface area contributed by atoms with Crippen molar-refractivity contribution in [3.63, 3.8) is 0 Å². The number of nitrogens with one attached hydrogen (secondary N) is 1. The molecule has 0 saturated carbocycles. The lowest BCUT2D eigenvalue weighted by Crippen LogP contribution is -2.30. The van der Waals surface area contributed by atoms with Gasteiger partial charge in [0, 0.05) is 11.9 Å². The van der Waals surface area contributed by atoms with E-state index in [2.05, 4.69) is 5.32 Å². The molecule has 5 heteroatoms. The fourth-order valence-electron chi connectivity index (χ4n) is 2.72. The Labute approximate surface area is 139 Å². The van der Waals surface area contributed by atoms with E-state index in [1.54, 1.807) is 12.1 Å². The van der Waals surface area contributed by atoms with Crippen molar-refractivity contribution < 1.29 is 9.21 Å². The average molecular weight is 324 g/mol. The van der Waals surface area contributed by atoms with Gasteiger partial charge in [-0.3, -0.25) is 4.79 Å². The maximum absolute atomic E-state index is 12.3. The molecule has 0 bridgehead atoms. The molecule has 24 heavy (non-hydrogen) atoms. The van der Waals surface area contributed by atoms with Crippen molar-refractivity contribution in [3.8, 4) is 0 Å². The molecule has 3 aromatic rings. The van der Waals surface area contributed by atoms with Crippen molar-refractivity contribution in [1.29, 1.82) is 0 Å². The molecular weight excluding hydrogens is 304 g/mol. The second-order valence-electron chi connectivity index (χ2n) is 6.06. The van der Waals surface area contributed by atoms with E-state index in [9.17, 15) is 9.59 Å². The third kappa shape index (κ3) is 3.31.